The number of carbonyl (C=O) groups is 1. The van der Waals surface area contributed by atoms with E-state index in [1.165, 1.54) is 44.1 Å². The number of unbranched alkanes of at least 4 members (excludes halogenated alkanes) is 5. The van der Waals surface area contributed by atoms with Crippen LogP contribution < -0.4 is 4.74 Å². The number of hydrogen-bond donors (Lipinski definition) is 0. The van der Waals surface area contributed by atoms with Gasteiger partial charge in [-0.25, -0.2) is 14.8 Å². The number of nitrogens with zero attached hydrogens (tertiary/aromatic N) is 2. The van der Waals surface area contributed by atoms with Crippen LogP contribution in [-0.2, 0) is 20.7 Å². The van der Waals surface area contributed by atoms with Crippen LogP contribution in [0.25, 0.3) is 22.5 Å². The van der Waals surface area contributed by atoms with Gasteiger partial charge in [0.1, 0.15) is 6.61 Å². The minimum absolute atomic E-state index is 0.0355. The highest BCUT2D eigenvalue weighted by Crippen LogP contribution is 2.30. The van der Waals surface area contributed by atoms with Gasteiger partial charge in [0.25, 0.3) is 0 Å². The number of esters is 1. The SMILES string of the molecule is CCCCCCCc1cc(-c2ncc(OCC(OC(=O)C(C)OCCCC)C(F)(F)F)cn2)ccc1-c1ccccc1. The molecule has 0 bridgehead atoms. The van der Waals surface area contributed by atoms with Crippen molar-refractivity contribution in [2.24, 2.45) is 0 Å². The number of aryl methyl sites for hydroxylation is 1. The molecule has 2 aromatic carbocycles. The summed E-state index contributed by atoms with van der Waals surface area (Å²) in [6.07, 6.45) is 2.58. The quantitative estimate of drug-likeness (QED) is 0.117. The summed E-state index contributed by atoms with van der Waals surface area (Å²) in [5.74, 6) is -0.622. The van der Waals surface area contributed by atoms with Crippen molar-refractivity contribution in [2.45, 2.75) is 90.5 Å². The molecule has 2 unspecified atom stereocenters. The third-order valence-electron chi connectivity index (χ3n) is 6.85. The zero-order chi connectivity index (χ0) is 30.4. The van der Waals surface area contributed by atoms with Gasteiger partial charge in [-0.05, 0) is 48.9 Å². The molecule has 3 aromatic rings. The van der Waals surface area contributed by atoms with E-state index in [1.54, 1.807) is 0 Å². The van der Waals surface area contributed by atoms with Gasteiger partial charge in [-0.3, -0.25) is 0 Å². The van der Waals surface area contributed by atoms with Crippen molar-refractivity contribution in [3.05, 3.63) is 66.5 Å². The lowest BCUT2D eigenvalue weighted by atomic mass is 9.93. The first-order chi connectivity index (χ1) is 20.2. The van der Waals surface area contributed by atoms with E-state index in [2.05, 4.69) is 45.9 Å². The molecule has 0 spiro atoms. The number of aromatic nitrogens is 2. The number of alkyl halides is 3. The Balaban J connectivity index is 1.68. The average molecular weight is 587 g/mol. The van der Waals surface area contributed by atoms with Gasteiger partial charge in [-0.1, -0.05) is 88.4 Å². The molecule has 0 amide bonds. The van der Waals surface area contributed by atoms with Gasteiger partial charge < -0.3 is 14.2 Å². The standard InChI is InChI=1S/C33H41F3N2O4/c1-4-6-8-9-11-16-26-20-27(17-18-29(26)25-14-12-10-13-15-25)31-37-21-28(22-38-31)41-23-30(33(34,35)36)42-32(39)24(3)40-19-7-5-2/h10,12-15,17-18,20-22,24,30H,4-9,11,16,19,23H2,1-3H3. The van der Waals surface area contributed by atoms with Crippen LogP contribution in [0.15, 0.2) is 60.9 Å². The minimum atomic E-state index is -4.81. The second-order valence-corrected chi connectivity index (χ2v) is 10.3. The maximum absolute atomic E-state index is 13.6. The first-order valence-electron chi connectivity index (χ1n) is 14.7. The van der Waals surface area contributed by atoms with E-state index in [1.807, 2.05) is 31.2 Å². The Morgan fingerprint density at radius 2 is 1.57 bits per heavy atom. The normalized spacial score (nSPS) is 13.0. The number of hydrogen-bond acceptors (Lipinski definition) is 6. The van der Waals surface area contributed by atoms with Gasteiger partial charge >= 0.3 is 12.1 Å². The van der Waals surface area contributed by atoms with E-state index >= 15 is 0 Å². The van der Waals surface area contributed by atoms with Gasteiger partial charge in [0, 0.05) is 12.2 Å². The van der Waals surface area contributed by atoms with Crippen LogP contribution in [0.3, 0.4) is 0 Å². The van der Waals surface area contributed by atoms with Gasteiger partial charge in [-0.15, -0.1) is 0 Å². The van der Waals surface area contributed by atoms with Gasteiger partial charge in [0.15, 0.2) is 17.7 Å². The monoisotopic (exact) mass is 586 g/mol. The lowest BCUT2D eigenvalue weighted by Crippen LogP contribution is -2.41. The fourth-order valence-electron chi connectivity index (χ4n) is 4.37. The van der Waals surface area contributed by atoms with E-state index in [-0.39, 0.29) is 12.4 Å². The first kappa shape index (κ1) is 33.0. The Morgan fingerprint density at radius 1 is 0.881 bits per heavy atom. The summed E-state index contributed by atoms with van der Waals surface area (Å²) in [6, 6.07) is 16.3. The maximum Gasteiger partial charge on any atom is 0.428 e. The third-order valence-corrected chi connectivity index (χ3v) is 6.85. The van der Waals surface area contributed by atoms with Crippen LogP contribution in [0.2, 0.25) is 0 Å². The number of benzene rings is 2. The predicted molar refractivity (Wildman–Crippen MR) is 157 cm³/mol. The second-order valence-electron chi connectivity index (χ2n) is 10.3. The molecule has 3 rings (SSSR count). The summed E-state index contributed by atoms with van der Waals surface area (Å²) < 4.78 is 55.9. The van der Waals surface area contributed by atoms with E-state index in [4.69, 9.17) is 9.47 Å². The van der Waals surface area contributed by atoms with E-state index in [0.717, 1.165) is 42.4 Å². The molecule has 0 aliphatic rings. The van der Waals surface area contributed by atoms with Crippen molar-refractivity contribution < 1.29 is 32.2 Å². The number of halogens is 3. The summed E-state index contributed by atoms with van der Waals surface area (Å²) in [5.41, 5.74) is 4.30. The molecule has 0 aliphatic heterocycles. The van der Waals surface area contributed by atoms with Crippen molar-refractivity contribution in [3.8, 4) is 28.3 Å². The molecule has 42 heavy (non-hydrogen) atoms. The molecular weight excluding hydrogens is 545 g/mol. The molecule has 0 saturated carbocycles. The molecule has 0 aliphatic carbocycles. The zero-order valence-electron chi connectivity index (χ0n) is 24.7. The Hall–Kier alpha value is -3.46. The number of ether oxygens (including phenoxy) is 3. The Labute approximate surface area is 246 Å². The summed E-state index contributed by atoms with van der Waals surface area (Å²) in [6.45, 7) is 4.84. The van der Waals surface area contributed by atoms with Crippen LogP contribution in [0.4, 0.5) is 13.2 Å². The lowest BCUT2D eigenvalue weighted by Gasteiger charge is -2.22. The fraction of sp³-hybridized carbons (Fsp3) is 0.485. The van der Waals surface area contributed by atoms with Crippen molar-refractivity contribution >= 4 is 5.97 Å². The molecule has 0 saturated heterocycles. The molecule has 6 nitrogen and oxygen atoms in total. The maximum atomic E-state index is 13.6. The number of rotatable bonds is 17. The van der Waals surface area contributed by atoms with E-state index < -0.39 is 31.0 Å². The Kier molecular flexibility index (Phi) is 13.3. The fourth-order valence-corrected chi connectivity index (χ4v) is 4.37. The van der Waals surface area contributed by atoms with E-state index in [9.17, 15) is 18.0 Å². The number of carbonyl (C=O) groups excluding carboxylic acids is 1. The van der Waals surface area contributed by atoms with Gasteiger partial charge in [0.05, 0.1) is 12.4 Å². The lowest BCUT2D eigenvalue weighted by molar-refractivity contribution is -0.231. The van der Waals surface area contributed by atoms with E-state index in [0.29, 0.717) is 12.2 Å². The van der Waals surface area contributed by atoms with Crippen molar-refractivity contribution in [1.29, 1.82) is 0 Å². The van der Waals surface area contributed by atoms with Crippen LogP contribution in [0.5, 0.6) is 5.75 Å². The first-order valence-corrected chi connectivity index (χ1v) is 14.7. The van der Waals surface area contributed by atoms with Crippen molar-refractivity contribution in [3.63, 3.8) is 0 Å². The Morgan fingerprint density at radius 3 is 2.24 bits per heavy atom. The van der Waals surface area contributed by atoms with Crippen LogP contribution in [0.1, 0.15) is 71.3 Å². The predicted octanol–water partition coefficient (Wildman–Crippen LogP) is 8.38. The summed E-state index contributed by atoms with van der Waals surface area (Å²) in [5, 5.41) is 0. The molecular formula is C33H41F3N2O4. The molecule has 0 fully saturated rings. The molecule has 9 heteroatoms. The average Bonchev–Trinajstić information content (AvgIpc) is 2.99. The molecule has 228 valence electrons. The highest BCUT2D eigenvalue weighted by atomic mass is 19.4. The largest absolute Gasteiger partial charge is 0.486 e. The van der Waals surface area contributed by atoms with Crippen LogP contribution >= 0.6 is 0 Å². The second kappa shape index (κ2) is 16.9. The summed E-state index contributed by atoms with van der Waals surface area (Å²) >= 11 is 0. The molecule has 1 heterocycles. The van der Waals surface area contributed by atoms with Crippen LogP contribution in [0, 0.1) is 0 Å². The summed E-state index contributed by atoms with van der Waals surface area (Å²) in [7, 11) is 0. The minimum Gasteiger partial charge on any atom is -0.486 e. The third kappa shape index (κ3) is 10.4. The zero-order valence-corrected chi connectivity index (χ0v) is 24.7. The van der Waals surface area contributed by atoms with Crippen LogP contribution in [-0.4, -0.2) is 47.5 Å². The Bertz CT molecular complexity index is 1220. The van der Waals surface area contributed by atoms with Crippen molar-refractivity contribution in [1.82, 2.24) is 9.97 Å². The molecule has 0 N–H and O–H groups in total. The molecule has 2 atom stereocenters. The molecule has 0 radical (unpaired) electrons. The van der Waals surface area contributed by atoms with Gasteiger partial charge in [0.2, 0.25) is 6.10 Å². The highest BCUT2D eigenvalue weighted by Gasteiger charge is 2.44. The smallest absolute Gasteiger partial charge is 0.428 e. The van der Waals surface area contributed by atoms with Gasteiger partial charge in [-0.2, -0.15) is 13.2 Å². The molecule has 1 aromatic heterocycles. The summed E-state index contributed by atoms with van der Waals surface area (Å²) in [4.78, 5) is 20.8. The topological polar surface area (TPSA) is 70.5 Å². The highest BCUT2D eigenvalue weighted by molar-refractivity contribution is 5.74. The van der Waals surface area contributed by atoms with Crippen molar-refractivity contribution in [2.75, 3.05) is 13.2 Å².